The summed E-state index contributed by atoms with van der Waals surface area (Å²) in [5, 5.41) is 0. The van der Waals surface area contributed by atoms with Crippen molar-refractivity contribution < 1.29 is 27.6 Å². The first kappa shape index (κ1) is 32.3. The highest BCUT2D eigenvalue weighted by atomic mass is 19.4. The van der Waals surface area contributed by atoms with Gasteiger partial charge in [-0.3, -0.25) is 24.5 Å². The average Bonchev–Trinajstić information content (AvgIpc) is 3.82. The molecule has 2 amide bonds. The van der Waals surface area contributed by atoms with Crippen LogP contribution >= 0.6 is 0 Å². The first-order valence-corrected chi connectivity index (χ1v) is 15.8. The van der Waals surface area contributed by atoms with Gasteiger partial charge < -0.3 is 4.90 Å². The van der Waals surface area contributed by atoms with Gasteiger partial charge in [-0.25, -0.2) is 4.79 Å². The molecule has 2 aliphatic heterocycles. The maximum atomic E-state index is 14.5. The lowest BCUT2D eigenvalue weighted by atomic mass is 9.61. The number of benzene rings is 2. The van der Waals surface area contributed by atoms with Crippen LogP contribution in [0.5, 0.6) is 0 Å². The van der Waals surface area contributed by atoms with Crippen LogP contribution in [0.4, 0.5) is 23.7 Å². The summed E-state index contributed by atoms with van der Waals surface area (Å²) in [7, 11) is 0. The summed E-state index contributed by atoms with van der Waals surface area (Å²) in [6.45, 7) is 10.1. The number of hydrogen-bond donors (Lipinski definition) is 0. The quantitative estimate of drug-likeness (QED) is 0.232. The Labute approximate surface area is 272 Å². The molecule has 0 saturated heterocycles. The Hall–Kier alpha value is -4.60. The molecule has 0 radical (unpaired) electrons. The van der Waals surface area contributed by atoms with Gasteiger partial charge in [0.15, 0.2) is 11.6 Å². The van der Waals surface area contributed by atoms with Crippen LogP contribution in [0, 0.1) is 17.3 Å². The summed E-state index contributed by atoms with van der Waals surface area (Å²) < 4.78 is 41.2. The van der Waals surface area contributed by atoms with E-state index in [1.165, 1.54) is 28.9 Å². The van der Waals surface area contributed by atoms with Crippen LogP contribution in [0.25, 0.3) is 0 Å². The molecule has 1 fully saturated rings. The lowest BCUT2D eigenvalue weighted by molar-refractivity contribution is -0.137. The fraction of sp³-hybridized carbons (Fsp3) is 0.378. The van der Waals surface area contributed by atoms with E-state index < -0.39 is 23.8 Å². The molecule has 0 N–H and O–H groups in total. The fourth-order valence-corrected chi connectivity index (χ4v) is 6.67. The fourth-order valence-electron chi connectivity index (χ4n) is 6.67. The van der Waals surface area contributed by atoms with Gasteiger partial charge in [-0.1, -0.05) is 51.1 Å². The lowest BCUT2D eigenvalue weighted by Gasteiger charge is -2.43. The number of carbonyl (C=O) groups excluding carboxylic acids is 3. The molecule has 3 aliphatic rings. The second kappa shape index (κ2) is 11.9. The topological polar surface area (TPSA) is 82.9 Å². The molecule has 2 aromatic carbocycles. The van der Waals surface area contributed by atoms with Crippen LogP contribution in [0.2, 0.25) is 0 Å². The van der Waals surface area contributed by atoms with E-state index >= 15 is 0 Å². The molecule has 1 atom stereocenters. The molecule has 7 nitrogen and oxygen atoms in total. The number of Topliss-reactive ketones (excluding diaryl/α,β-unsaturated/α-hetero) is 2. The molecule has 244 valence electrons. The first-order chi connectivity index (χ1) is 22.1. The van der Waals surface area contributed by atoms with E-state index in [2.05, 4.69) is 30.7 Å². The third-order valence-electron chi connectivity index (χ3n) is 9.57. The van der Waals surface area contributed by atoms with Crippen molar-refractivity contribution in [1.29, 1.82) is 0 Å². The summed E-state index contributed by atoms with van der Waals surface area (Å²) in [4.78, 5) is 52.7. The van der Waals surface area contributed by atoms with Gasteiger partial charge in [0.1, 0.15) is 0 Å². The normalized spacial score (nSPS) is 21.4. The lowest BCUT2D eigenvalue weighted by Crippen LogP contribution is -2.50. The van der Waals surface area contributed by atoms with Crippen molar-refractivity contribution in [3.63, 3.8) is 0 Å². The number of halogens is 3. The summed E-state index contributed by atoms with van der Waals surface area (Å²) in [5.74, 6) is 0.133. The summed E-state index contributed by atoms with van der Waals surface area (Å²) in [6, 6.07) is 13.8. The molecular weight excluding hydrogens is 605 g/mol. The standard InChI is InChI=1S/C37H37F3N4O3/c1-21-32(22(2)45)33(25-12-13-30(41-18-25)31-19-42-31)43(35(47)44(21)29-11-7-10-27(17-29)37(38,39)40)20-23-8-6-9-24(14-23)34(46)26-15-28(16-26)36(3,4)5/h6-14,17-18,26,28,33H,15-16,19-20H2,1-5H3. The maximum absolute atomic E-state index is 14.5. The second-order valence-corrected chi connectivity index (χ2v) is 13.8. The number of nitrogens with zero attached hydrogens (tertiary/aromatic N) is 4. The monoisotopic (exact) mass is 642 g/mol. The molecule has 0 spiro atoms. The van der Waals surface area contributed by atoms with Gasteiger partial charge in [0, 0.05) is 35.5 Å². The van der Waals surface area contributed by atoms with Crippen LogP contribution in [-0.4, -0.2) is 39.7 Å². The Morgan fingerprint density at radius 1 is 0.979 bits per heavy atom. The van der Waals surface area contributed by atoms with Crippen molar-refractivity contribution in [3.8, 4) is 0 Å². The van der Waals surface area contributed by atoms with Gasteiger partial charge in [0.25, 0.3) is 0 Å². The van der Waals surface area contributed by atoms with Gasteiger partial charge in [-0.2, -0.15) is 13.2 Å². The molecule has 1 aromatic heterocycles. The van der Waals surface area contributed by atoms with E-state index in [1.54, 1.807) is 49.5 Å². The van der Waals surface area contributed by atoms with Crippen LogP contribution in [0.15, 0.2) is 83.1 Å². The van der Waals surface area contributed by atoms with Crippen LogP contribution in [0.1, 0.15) is 86.2 Å². The van der Waals surface area contributed by atoms with E-state index in [4.69, 9.17) is 0 Å². The minimum atomic E-state index is -4.63. The number of hydrogen-bond acceptors (Lipinski definition) is 5. The second-order valence-electron chi connectivity index (χ2n) is 13.8. The highest BCUT2D eigenvalue weighted by molar-refractivity contribution is 6.09. The molecule has 10 heteroatoms. The van der Waals surface area contributed by atoms with E-state index in [0.717, 1.165) is 30.7 Å². The number of ketones is 2. The van der Waals surface area contributed by atoms with Crippen LogP contribution < -0.4 is 4.90 Å². The Kier molecular flexibility index (Phi) is 8.18. The molecule has 3 aromatic rings. The number of urea groups is 1. The summed E-state index contributed by atoms with van der Waals surface area (Å²) in [5.41, 5.74) is 3.06. The van der Waals surface area contributed by atoms with Crippen molar-refractivity contribution in [2.45, 2.75) is 66.2 Å². The molecular formula is C37H37F3N4O3. The van der Waals surface area contributed by atoms with Crippen molar-refractivity contribution in [3.05, 3.63) is 106 Å². The molecule has 1 unspecified atom stereocenters. The zero-order chi connectivity index (χ0) is 33.8. The molecule has 3 heterocycles. The van der Waals surface area contributed by atoms with Gasteiger partial charge in [0.2, 0.25) is 0 Å². The Morgan fingerprint density at radius 2 is 1.68 bits per heavy atom. The minimum Gasteiger partial charge on any atom is -0.308 e. The van der Waals surface area contributed by atoms with Crippen molar-refractivity contribution in [1.82, 2.24) is 9.88 Å². The first-order valence-electron chi connectivity index (χ1n) is 15.8. The smallest absolute Gasteiger partial charge is 0.308 e. The SMILES string of the molecule is CC(=O)C1=C(C)N(c2cccc(C(F)(F)F)c2)C(=O)N(Cc2cccc(C(=O)C3CC(C(C)(C)C)C3)c2)C1c1ccc(C2=NC2)nc1. The third-order valence-corrected chi connectivity index (χ3v) is 9.57. The van der Waals surface area contributed by atoms with Gasteiger partial charge in [0.05, 0.1) is 35.2 Å². The highest BCUT2D eigenvalue weighted by Gasteiger charge is 2.43. The average molecular weight is 643 g/mol. The number of rotatable bonds is 8. The van der Waals surface area contributed by atoms with E-state index in [9.17, 15) is 27.6 Å². The number of aromatic nitrogens is 1. The number of amides is 2. The van der Waals surface area contributed by atoms with E-state index in [-0.39, 0.29) is 46.4 Å². The summed E-state index contributed by atoms with van der Waals surface area (Å²) in [6.07, 6.45) is -1.36. The molecule has 1 aliphatic carbocycles. The number of pyridine rings is 1. The highest BCUT2D eigenvalue weighted by Crippen LogP contribution is 2.46. The van der Waals surface area contributed by atoms with Crippen molar-refractivity contribution >= 4 is 29.0 Å². The predicted molar refractivity (Wildman–Crippen MR) is 173 cm³/mol. The Morgan fingerprint density at radius 3 is 2.28 bits per heavy atom. The minimum absolute atomic E-state index is 0.00607. The van der Waals surface area contributed by atoms with Crippen molar-refractivity contribution in [2.75, 3.05) is 11.4 Å². The van der Waals surface area contributed by atoms with Crippen LogP contribution in [-0.2, 0) is 17.5 Å². The molecule has 1 saturated carbocycles. The number of aliphatic imine (C=N–C) groups is 1. The number of carbonyl (C=O) groups is 3. The van der Waals surface area contributed by atoms with Gasteiger partial charge in [-0.15, -0.1) is 0 Å². The predicted octanol–water partition coefficient (Wildman–Crippen LogP) is 8.20. The largest absolute Gasteiger partial charge is 0.416 e. The van der Waals surface area contributed by atoms with Gasteiger partial charge in [-0.05, 0) is 79.5 Å². The maximum Gasteiger partial charge on any atom is 0.416 e. The molecule has 47 heavy (non-hydrogen) atoms. The van der Waals surface area contributed by atoms with Gasteiger partial charge >= 0.3 is 12.2 Å². The van der Waals surface area contributed by atoms with E-state index in [0.29, 0.717) is 34.8 Å². The number of allylic oxidation sites excluding steroid dienone is 1. The Balaban J connectivity index is 1.40. The number of alkyl halides is 3. The summed E-state index contributed by atoms with van der Waals surface area (Å²) >= 11 is 0. The zero-order valence-corrected chi connectivity index (χ0v) is 27.1. The van der Waals surface area contributed by atoms with Crippen LogP contribution in [0.3, 0.4) is 0 Å². The van der Waals surface area contributed by atoms with E-state index in [1.807, 2.05) is 0 Å². The third kappa shape index (κ3) is 6.38. The molecule has 0 bridgehead atoms. The molecule has 6 rings (SSSR count). The van der Waals surface area contributed by atoms with Crippen molar-refractivity contribution in [2.24, 2.45) is 22.2 Å². The zero-order valence-electron chi connectivity index (χ0n) is 27.1. The number of anilines is 1. The Bertz CT molecular complexity index is 1820.